The van der Waals surface area contributed by atoms with E-state index < -0.39 is 47.7 Å². The van der Waals surface area contributed by atoms with Crippen LogP contribution < -0.4 is 21.7 Å². The molecule has 0 spiro atoms. The number of nitrogens with two attached hydrogens (primary N) is 1. The maximum atomic E-state index is 13.5. The van der Waals surface area contributed by atoms with Gasteiger partial charge in [-0.25, -0.2) is 4.98 Å². The van der Waals surface area contributed by atoms with E-state index in [9.17, 15) is 29.7 Å². The molecular formula is C29H32BrN7O6. The molecule has 226 valence electrons. The Morgan fingerprint density at radius 1 is 1.00 bits per heavy atom. The van der Waals surface area contributed by atoms with Crippen LogP contribution in [0.15, 0.2) is 65.8 Å². The summed E-state index contributed by atoms with van der Waals surface area (Å²) in [5.74, 6) is -2.80. The number of rotatable bonds is 12. The van der Waals surface area contributed by atoms with Gasteiger partial charge >= 0.3 is 0 Å². The Bertz CT molecular complexity index is 1620. The van der Waals surface area contributed by atoms with E-state index in [-0.39, 0.29) is 18.6 Å². The second-order valence-corrected chi connectivity index (χ2v) is 10.9. The Hall–Kier alpha value is -4.66. The van der Waals surface area contributed by atoms with E-state index in [1.165, 1.54) is 43.8 Å². The average molecular weight is 655 g/mol. The average Bonchev–Trinajstić information content (AvgIpc) is 3.63. The van der Waals surface area contributed by atoms with E-state index in [4.69, 9.17) is 5.73 Å². The molecule has 0 aliphatic heterocycles. The summed E-state index contributed by atoms with van der Waals surface area (Å²) in [7, 11) is 0. The molecule has 0 fully saturated rings. The number of hydrogen-bond acceptors (Lipinski definition) is 8. The van der Waals surface area contributed by atoms with E-state index in [2.05, 4.69) is 46.8 Å². The number of nitrogens with zero attached hydrogens (tertiary/aromatic N) is 1. The first-order valence-corrected chi connectivity index (χ1v) is 14.1. The summed E-state index contributed by atoms with van der Waals surface area (Å²) < 4.78 is 0.924. The Morgan fingerprint density at radius 3 is 2.44 bits per heavy atom. The molecule has 0 bridgehead atoms. The highest BCUT2D eigenvalue weighted by atomic mass is 79.9. The highest BCUT2D eigenvalue weighted by molar-refractivity contribution is 9.10. The number of carbonyl (C=O) groups is 3. The Kier molecular flexibility index (Phi) is 10.2. The molecule has 14 heteroatoms. The van der Waals surface area contributed by atoms with Gasteiger partial charge in [0.05, 0.1) is 12.4 Å². The summed E-state index contributed by atoms with van der Waals surface area (Å²) in [6, 6.07) is 6.09. The van der Waals surface area contributed by atoms with Gasteiger partial charge in [-0.1, -0.05) is 28.1 Å². The lowest BCUT2D eigenvalue weighted by Crippen LogP contribution is -2.58. The van der Waals surface area contributed by atoms with Gasteiger partial charge in [0.15, 0.2) is 11.5 Å². The summed E-state index contributed by atoms with van der Waals surface area (Å²) >= 11 is 3.44. The highest BCUT2D eigenvalue weighted by Gasteiger charge is 2.30. The molecular weight excluding hydrogens is 622 g/mol. The standard InChI is InChI=1S/C29H32BrN7O6/c1-15(38)26(31)29(43)37-22(8-16-2-5-24(39)25(40)9-16)28(42)36-23(11-19-13-32-14-35-19)27(41)33-7-6-17-12-34-21-10-18(30)3-4-20(17)21/h2-7,9-10,12-15,22-23,26,34,38-40H,8,11,31H2,1H3,(H,32,35)(H,33,41)(H,36,42)(H,37,43)/b7-6+. The lowest BCUT2D eigenvalue weighted by molar-refractivity contribution is -0.132. The van der Waals surface area contributed by atoms with Crippen molar-refractivity contribution in [1.82, 2.24) is 30.9 Å². The van der Waals surface area contributed by atoms with Gasteiger partial charge in [-0.3, -0.25) is 14.4 Å². The zero-order valence-corrected chi connectivity index (χ0v) is 24.6. The molecule has 4 atom stereocenters. The Morgan fingerprint density at radius 2 is 1.74 bits per heavy atom. The van der Waals surface area contributed by atoms with Gasteiger partial charge in [-0.15, -0.1) is 0 Å². The van der Waals surface area contributed by atoms with Gasteiger partial charge in [-0.05, 0) is 42.8 Å². The van der Waals surface area contributed by atoms with Crippen LogP contribution in [0.2, 0.25) is 0 Å². The number of halogens is 1. The monoisotopic (exact) mass is 653 g/mol. The highest BCUT2D eigenvalue weighted by Crippen LogP contribution is 2.26. The number of H-pyrrole nitrogens is 2. The van der Waals surface area contributed by atoms with E-state index in [1.807, 2.05) is 18.2 Å². The number of nitrogens with one attached hydrogen (secondary N) is 5. The second kappa shape index (κ2) is 14.0. The van der Waals surface area contributed by atoms with Crippen molar-refractivity contribution < 1.29 is 29.7 Å². The minimum absolute atomic E-state index is 0.0559. The lowest BCUT2D eigenvalue weighted by atomic mass is 10.0. The van der Waals surface area contributed by atoms with Crippen LogP contribution in [-0.2, 0) is 27.2 Å². The fraction of sp³-hybridized carbons (Fsp3) is 0.241. The van der Waals surface area contributed by atoms with Crippen molar-refractivity contribution in [2.45, 2.75) is 44.0 Å². The first kappa shape index (κ1) is 31.3. The number of aromatic nitrogens is 3. The van der Waals surface area contributed by atoms with Gasteiger partial charge in [0.25, 0.3) is 0 Å². The predicted octanol–water partition coefficient (Wildman–Crippen LogP) is 1.31. The van der Waals surface area contributed by atoms with Crippen LogP contribution in [0.4, 0.5) is 0 Å². The van der Waals surface area contributed by atoms with Gasteiger partial charge in [0.1, 0.15) is 18.1 Å². The van der Waals surface area contributed by atoms with Crippen LogP contribution in [0.5, 0.6) is 11.5 Å². The summed E-state index contributed by atoms with van der Waals surface area (Å²) in [6.45, 7) is 1.34. The number of phenolic OH excluding ortho intramolecular Hbond substituents is 2. The number of aliphatic hydroxyl groups excluding tert-OH is 1. The lowest BCUT2D eigenvalue weighted by Gasteiger charge is -2.24. The predicted molar refractivity (Wildman–Crippen MR) is 162 cm³/mol. The maximum absolute atomic E-state index is 13.5. The number of aliphatic hydroxyl groups is 1. The largest absolute Gasteiger partial charge is 0.504 e. The minimum atomic E-state index is -1.32. The van der Waals surface area contributed by atoms with Crippen molar-refractivity contribution >= 4 is 50.6 Å². The number of fused-ring (bicyclic) bond motifs is 1. The van der Waals surface area contributed by atoms with Gasteiger partial charge in [0.2, 0.25) is 17.7 Å². The van der Waals surface area contributed by atoms with Crippen molar-refractivity contribution in [3.05, 3.63) is 82.6 Å². The number of aromatic amines is 2. The molecule has 0 saturated heterocycles. The van der Waals surface area contributed by atoms with Crippen molar-refractivity contribution in [3.8, 4) is 11.5 Å². The number of benzene rings is 2. The zero-order chi connectivity index (χ0) is 31.1. The number of amides is 3. The number of imidazole rings is 1. The van der Waals surface area contributed by atoms with E-state index in [0.29, 0.717) is 11.3 Å². The normalized spacial score (nSPS) is 14.2. The molecule has 2 heterocycles. The third kappa shape index (κ3) is 8.22. The molecule has 10 N–H and O–H groups in total. The molecule has 2 aromatic heterocycles. The molecule has 0 radical (unpaired) electrons. The summed E-state index contributed by atoms with van der Waals surface area (Å²) in [4.78, 5) is 49.5. The van der Waals surface area contributed by atoms with Crippen LogP contribution in [0, 0.1) is 0 Å². The summed E-state index contributed by atoms with van der Waals surface area (Å²) in [5.41, 5.74) is 8.50. The van der Waals surface area contributed by atoms with Crippen LogP contribution in [0.1, 0.15) is 23.7 Å². The number of aromatic hydroxyl groups is 2. The topological polar surface area (TPSA) is 218 Å². The molecule has 4 aromatic rings. The van der Waals surface area contributed by atoms with Crippen molar-refractivity contribution in [3.63, 3.8) is 0 Å². The molecule has 13 nitrogen and oxygen atoms in total. The van der Waals surface area contributed by atoms with Gasteiger partial charge in [-0.2, -0.15) is 0 Å². The van der Waals surface area contributed by atoms with Crippen molar-refractivity contribution in [2.75, 3.05) is 0 Å². The number of hydrogen-bond donors (Lipinski definition) is 9. The molecule has 2 aromatic carbocycles. The van der Waals surface area contributed by atoms with Crippen molar-refractivity contribution in [2.24, 2.45) is 5.73 Å². The Balaban J connectivity index is 1.53. The van der Waals surface area contributed by atoms with E-state index in [1.54, 1.807) is 12.3 Å². The quantitative estimate of drug-likeness (QED) is 0.101. The molecule has 3 amide bonds. The fourth-order valence-corrected chi connectivity index (χ4v) is 4.66. The Labute approximate surface area is 254 Å². The SMILES string of the molecule is CC(O)C(N)C(=O)NC(Cc1ccc(O)c(O)c1)C(=O)NC(Cc1cnc[nH]1)C(=O)N/C=C/c1c[nH]c2cc(Br)ccc12. The first-order valence-electron chi connectivity index (χ1n) is 13.3. The van der Waals surface area contributed by atoms with Crippen LogP contribution in [0.25, 0.3) is 17.0 Å². The fourth-order valence-electron chi connectivity index (χ4n) is 4.30. The van der Waals surface area contributed by atoms with Gasteiger partial charge in [0, 0.05) is 58.1 Å². The third-order valence-electron chi connectivity index (χ3n) is 6.71. The second-order valence-electron chi connectivity index (χ2n) is 9.97. The summed E-state index contributed by atoms with van der Waals surface area (Å²) in [6.07, 6.45) is 6.71. The third-order valence-corrected chi connectivity index (χ3v) is 7.20. The molecule has 0 aliphatic carbocycles. The molecule has 43 heavy (non-hydrogen) atoms. The number of carbonyl (C=O) groups excluding carboxylic acids is 3. The number of phenols is 2. The van der Waals surface area contributed by atoms with E-state index in [0.717, 1.165) is 20.9 Å². The summed E-state index contributed by atoms with van der Waals surface area (Å²) in [5, 5.41) is 38.2. The van der Waals surface area contributed by atoms with Crippen LogP contribution >= 0.6 is 15.9 Å². The molecule has 4 unspecified atom stereocenters. The van der Waals surface area contributed by atoms with E-state index >= 15 is 0 Å². The molecule has 4 rings (SSSR count). The molecule has 0 aliphatic rings. The maximum Gasteiger partial charge on any atom is 0.246 e. The van der Waals surface area contributed by atoms with Gasteiger partial charge < -0.3 is 47.0 Å². The zero-order valence-electron chi connectivity index (χ0n) is 23.0. The smallest absolute Gasteiger partial charge is 0.246 e. The molecule has 0 saturated carbocycles. The van der Waals surface area contributed by atoms with Crippen LogP contribution in [-0.4, -0.2) is 72.2 Å². The minimum Gasteiger partial charge on any atom is -0.504 e. The van der Waals surface area contributed by atoms with Crippen molar-refractivity contribution in [1.29, 1.82) is 0 Å². The van der Waals surface area contributed by atoms with Crippen LogP contribution in [0.3, 0.4) is 0 Å². The first-order chi connectivity index (χ1) is 20.5.